The highest BCUT2D eigenvalue weighted by molar-refractivity contribution is 5.76. The molecule has 0 aliphatic carbocycles. The van der Waals surface area contributed by atoms with Gasteiger partial charge in [-0.25, -0.2) is 13.5 Å². The van der Waals surface area contributed by atoms with Gasteiger partial charge in [0.1, 0.15) is 5.82 Å². The van der Waals surface area contributed by atoms with E-state index in [9.17, 15) is 13.6 Å². The number of rotatable bonds is 7. The van der Waals surface area contributed by atoms with Crippen LogP contribution < -0.4 is 10.1 Å². The molecule has 5 nitrogen and oxygen atoms in total. The standard InChI is InChI=1S/C21H21F2N3O2/c1-14(25-21(27)11-12-28-20-6-4-3-5-19(20)23)18-13-24-26(15(18)2)17-9-7-16(22)8-10-17/h3-10,13-14H,11-12H2,1-2H3,(H,25,27). The van der Waals surface area contributed by atoms with Crippen LogP contribution in [0.3, 0.4) is 0 Å². The van der Waals surface area contributed by atoms with E-state index >= 15 is 0 Å². The molecule has 1 amide bonds. The lowest BCUT2D eigenvalue weighted by Gasteiger charge is -2.14. The van der Waals surface area contributed by atoms with Crippen molar-refractivity contribution >= 4 is 5.91 Å². The Balaban J connectivity index is 1.57. The van der Waals surface area contributed by atoms with Crippen LogP contribution in [0.15, 0.2) is 54.7 Å². The van der Waals surface area contributed by atoms with Crippen LogP contribution in [0.1, 0.15) is 30.6 Å². The van der Waals surface area contributed by atoms with Crippen molar-refractivity contribution in [3.05, 3.63) is 77.6 Å². The second-order valence-corrected chi connectivity index (χ2v) is 6.39. The number of aromatic nitrogens is 2. The highest BCUT2D eigenvalue weighted by Gasteiger charge is 2.16. The number of halogens is 2. The third-order valence-corrected chi connectivity index (χ3v) is 4.39. The van der Waals surface area contributed by atoms with Gasteiger partial charge in [-0.05, 0) is 50.2 Å². The molecule has 1 atom stereocenters. The first kappa shape index (κ1) is 19.5. The second kappa shape index (κ2) is 8.65. The molecule has 28 heavy (non-hydrogen) atoms. The number of benzene rings is 2. The van der Waals surface area contributed by atoms with Gasteiger partial charge in [-0.1, -0.05) is 12.1 Å². The number of nitrogens with one attached hydrogen (secondary N) is 1. The summed E-state index contributed by atoms with van der Waals surface area (Å²) < 4.78 is 33.6. The van der Waals surface area contributed by atoms with Gasteiger partial charge in [-0.15, -0.1) is 0 Å². The van der Waals surface area contributed by atoms with Crippen molar-refractivity contribution in [3.63, 3.8) is 0 Å². The largest absolute Gasteiger partial charge is 0.490 e. The fraction of sp³-hybridized carbons (Fsp3) is 0.238. The van der Waals surface area contributed by atoms with E-state index in [1.165, 1.54) is 24.3 Å². The molecule has 0 fully saturated rings. The average molecular weight is 385 g/mol. The maximum absolute atomic E-state index is 13.5. The Morgan fingerprint density at radius 3 is 2.61 bits per heavy atom. The molecule has 0 bridgehead atoms. The summed E-state index contributed by atoms with van der Waals surface area (Å²) in [5.41, 5.74) is 2.44. The number of hydrogen-bond donors (Lipinski definition) is 1. The molecular weight excluding hydrogens is 364 g/mol. The predicted octanol–water partition coefficient (Wildman–Crippen LogP) is 4.11. The lowest BCUT2D eigenvalue weighted by Crippen LogP contribution is -2.28. The van der Waals surface area contributed by atoms with Gasteiger partial charge in [0, 0.05) is 11.3 Å². The molecule has 0 aliphatic rings. The van der Waals surface area contributed by atoms with E-state index in [-0.39, 0.29) is 36.5 Å². The van der Waals surface area contributed by atoms with Crippen molar-refractivity contribution in [3.8, 4) is 11.4 Å². The van der Waals surface area contributed by atoms with Crippen LogP contribution in [0.5, 0.6) is 5.75 Å². The highest BCUT2D eigenvalue weighted by Crippen LogP contribution is 2.20. The minimum Gasteiger partial charge on any atom is -0.490 e. The lowest BCUT2D eigenvalue weighted by molar-refractivity contribution is -0.122. The Hall–Kier alpha value is -3.22. The maximum atomic E-state index is 13.5. The Morgan fingerprint density at radius 1 is 1.18 bits per heavy atom. The van der Waals surface area contributed by atoms with Crippen LogP contribution in [0.4, 0.5) is 8.78 Å². The first-order chi connectivity index (χ1) is 13.5. The van der Waals surface area contributed by atoms with Gasteiger partial charge < -0.3 is 10.1 Å². The highest BCUT2D eigenvalue weighted by atomic mass is 19.1. The van der Waals surface area contributed by atoms with Crippen molar-refractivity contribution in [2.24, 2.45) is 0 Å². The number of para-hydroxylation sites is 1. The molecule has 7 heteroatoms. The fourth-order valence-corrected chi connectivity index (χ4v) is 2.90. The van der Waals surface area contributed by atoms with Gasteiger partial charge in [0.05, 0.1) is 31.0 Å². The van der Waals surface area contributed by atoms with Crippen molar-refractivity contribution in [1.82, 2.24) is 15.1 Å². The Labute approximate surface area is 161 Å². The molecule has 2 aromatic carbocycles. The predicted molar refractivity (Wildman–Crippen MR) is 101 cm³/mol. The number of carbonyl (C=O) groups excluding carboxylic acids is 1. The monoisotopic (exact) mass is 385 g/mol. The van der Waals surface area contributed by atoms with E-state index in [2.05, 4.69) is 10.4 Å². The molecule has 0 spiro atoms. The molecule has 0 radical (unpaired) electrons. The van der Waals surface area contributed by atoms with E-state index in [1.54, 1.807) is 35.1 Å². The molecule has 1 N–H and O–H groups in total. The van der Waals surface area contributed by atoms with E-state index < -0.39 is 5.82 Å². The zero-order valence-electron chi connectivity index (χ0n) is 15.7. The second-order valence-electron chi connectivity index (χ2n) is 6.39. The SMILES string of the molecule is Cc1c(C(C)NC(=O)CCOc2ccccc2F)cnn1-c1ccc(F)cc1. The number of ether oxygens (including phenoxy) is 1. The molecule has 1 aromatic heterocycles. The minimum atomic E-state index is -0.458. The van der Waals surface area contributed by atoms with E-state index in [0.29, 0.717) is 0 Å². The smallest absolute Gasteiger partial charge is 0.223 e. The van der Waals surface area contributed by atoms with Crippen LogP contribution in [0.25, 0.3) is 5.69 Å². The third kappa shape index (κ3) is 4.54. The van der Waals surface area contributed by atoms with Crippen LogP contribution in [-0.4, -0.2) is 22.3 Å². The summed E-state index contributed by atoms with van der Waals surface area (Å²) in [7, 11) is 0. The molecule has 146 valence electrons. The van der Waals surface area contributed by atoms with Gasteiger partial charge in [-0.3, -0.25) is 4.79 Å². The van der Waals surface area contributed by atoms with Crippen molar-refractivity contribution < 1.29 is 18.3 Å². The quantitative estimate of drug-likeness (QED) is 0.666. The summed E-state index contributed by atoms with van der Waals surface area (Å²) >= 11 is 0. The van der Waals surface area contributed by atoms with Gasteiger partial charge in [-0.2, -0.15) is 5.10 Å². The molecule has 0 saturated heterocycles. The topological polar surface area (TPSA) is 56.1 Å². The number of carbonyl (C=O) groups is 1. The molecule has 3 aromatic rings. The molecule has 1 unspecified atom stereocenters. The summed E-state index contributed by atoms with van der Waals surface area (Å²) in [5.74, 6) is -0.857. The first-order valence-corrected chi connectivity index (χ1v) is 8.93. The molecular formula is C21H21F2N3O2. The van der Waals surface area contributed by atoms with Gasteiger partial charge in [0.15, 0.2) is 11.6 Å². The zero-order valence-corrected chi connectivity index (χ0v) is 15.7. The zero-order chi connectivity index (χ0) is 20.1. The Bertz CT molecular complexity index is 955. The summed E-state index contributed by atoms with van der Waals surface area (Å²) in [5, 5.41) is 7.22. The average Bonchev–Trinajstić information content (AvgIpc) is 3.05. The van der Waals surface area contributed by atoms with Crippen LogP contribution in [0, 0.1) is 18.6 Å². The molecule has 1 heterocycles. The van der Waals surface area contributed by atoms with Gasteiger partial charge in [0.25, 0.3) is 0 Å². The van der Waals surface area contributed by atoms with E-state index in [1.807, 2.05) is 13.8 Å². The molecule has 3 rings (SSSR count). The van der Waals surface area contributed by atoms with E-state index in [4.69, 9.17) is 4.74 Å². The third-order valence-electron chi connectivity index (χ3n) is 4.39. The van der Waals surface area contributed by atoms with Crippen molar-refractivity contribution in [2.45, 2.75) is 26.3 Å². The number of amides is 1. The molecule has 0 saturated carbocycles. The summed E-state index contributed by atoms with van der Waals surface area (Å²) in [4.78, 5) is 12.2. The van der Waals surface area contributed by atoms with Crippen LogP contribution in [0.2, 0.25) is 0 Å². The normalized spacial score (nSPS) is 11.9. The van der Waals surface area contributed by atoms with Crippen LogP contribution in [-0.2, 0) is 4.79 Å². The first-order valence-electron chi connectivity index (χ1n) is 8.93. The maximum Gasteiger partial charge on any atom is 0.223 e. The lowest BCUT2D eigenvalue weighted by atomic mass is 10.1. The number of hydrogen-bond acceptors (Lipinski definition) is 3. The van der Waals surface area contributed by atoms with Crippen molar-refractivity contribution in [1.29, 1.82) is 0 Å². The molecule has 0 aliphatic heterocycles. The van der Waals surface area contributed by atoms with Gasteiger partial charge >= 0.3 is 0 Å². The summed E-state index contributed by atoms with van der Waals surface area (Å²) in [6.45, 7) is 3.82. The van der Waals surface area contributed by atoms with Gasteiger partial charge in [0.2, 0.25) is 5.91 Å². The summed E-state index contributed by atoms with van der Waals surface area (Å²) in [6.07, 6.45) is 1.78. The Kier molecular flexibility index (Phi) is 6.03. The summed E-state index contributed by atoms with van der Waals surface area (Å²) in [6, 6.07) is 11.8. The number of nitrogens with zero attached hydrogens (tertiary/aromatic N) is 2. The van der Waals surface area contributed by atoms with Crippen molar-refractivity contribution in [2.75, 3.05) is 6.61 Å². The minimum absolute atomic E-state index is 0.0767. The fourth-order valence-electron chi connectivity index (χ4n) is 2.90. The van der Waals surface area contributed by atoms with Crippen LogP contribution >= 0.6 is 0 Å². The Morgan fingerprint density at radius 2 is 1.89 bits per heavy atom. The van der Waals surface area contributed by atoms with E-state index in [0.717, 1.165) is 16.9 Å².